The van der Waals surface area contributed by atoms with Crippen molar-refractivity contribution in [2.45, 2.75) is 31.7 Å². The number of carboxylic acids is 1. The Balaban J connectivity index is 1.71. The average molecular weight is 309 g/mol. The highest BCUT2D eigenvalue weighted by Gasteiger charge is 2.33. The molecule has 118 valence electrons. The van der Waals surface area contributed by atoms with Crippen LogP contribution in [0, 0.1) is 0 Å². The standard InChI is InChI=1S/C19H19NO3/c1-19(11-14-7-2-3-8-15(14)12-19)20-17(21)10-13-6-4-5-9-16(13)18(22)23/h2-9H,10-12H2,1H3,(H,20,21)(H,22,23). The van der Waals surface area contributed by atoms with Gasteiger partial charge in [-0.1, -0.05) is 42.5 Å². The molecule has 1 amide bonds. The third-order valence-electron chi connectivity index (χ3n) is 4.32. The molecule has 0 radical (unpaired) electrons. The quantitative estimate of drug-likeness (QED) is 0.912. The normalized spacial score (nSPS) is 15.0. The monoisotopic (exact) mass is 309 g/mol. The Labute approximate surface area is 135 Å². The summed E-state index contributed by atoms with van der Waals surface area (Å²) in [6.45, 7) is 2.04. The van der Waals surface area contributed by atoms with E-state index in [9.17, 15) is 14.7 Å². The Morgan fingerprint density at radius 3 is 2.22 bits per heavy atom. The lowest BCUT2D eigenvalue weighted by molar-refractivity contribution is -0.122. The van der Waals surface area contributed by atoms with Crippen molar-refractivity contribution in [2.75, 3.05) is 0 Å². The van der Waals surface area contributed by atoms with Crippen molar-refractivity contribution in [1.82, 2.24) is 5.32 Å². The molecule has 2 aromatic carbocycles. The molecule has 4 heteroatoms. The van der Waals surface area contributed by atoms with Gasteiger partial charge in [0, 0.05) is 5.54 Å². The Morgan fingerprint density at radius 2 is 1.61 bits per heavy atom. The zero-order valence-electron chi connectivity index (χ0n) is 13.0. The highest BCUT2D eigenvalue weighted by atomic mass is 16.4. The van der Waals surface area contributed by atoms with Gasteiger partial charge < -0.3 is 10.4 Å². The van der Waals surface area contributed by atoms with Crippen molar-refractivity contribution >= 4 is 11.9 Å². The first-order chi connectivity index (χ1) is 11.0. The molecule has 0 aliphatic heterocycles. The van der Waals surface area contributed by atoms with E-state index in [0.29, 0.717) is 5.56 Å². The fourth-order valence-electron chi connectivity index (χ4n) is 3.33. The lowest BCUT2D eigenvalue weighted by atomic mass is 9.97. The molecular formula is C19H19NO3. The molecule has 1 aliphatic rings. The van der Waals surface area contributed by atoms with Crippen molar-refractivity contribution in [3.63, 3.8) is 0 Å². The van der Waals surface area contributed by atoms with E-state index in [1.54, 1.807) is 18.2 Å². The van der Waals surface area contributed by atoms with Crippen LogP contribution in [0.3, 0.4) is 0 Å². The van der Waals surface area contributed by atoms with Gasteiger partial charge in [-0.3, -0.25) is 4.79 Å². The largest absolute Gasteiger partial charge is 0.478 e. The molecule has 0 bridgehead atoms. The smallest absolute Gasteiger partial charge is 0.335 e. The van der Waals surface area contributed by atoms with E-state index in [-0.39, 0.29) is 23.4 Å². The molecule has 3 rings (SSSR count). The first kappa shape index (κ1) is 15.3. The number of nitrogens with one attached hydrogen (secondary N) is 1. The second kappa shape index (κ2) is 5.88. The summed E-state index contributed by atoms with van der Waals surface area (Å²) >= 11 is 0. The molecule has 0 fully saturated rings. The number of fused-ring (bicyclic) bond motifs is 1. The molecule has 0 saturated carbocycles. The molecule has 0 spiro atoms. The molecule has 0 aromatic heterocycles. The van der Waals surface area contributed by atoms with Crippen LogP contribution in [0.15, 0.2) is 48.5 Å². The second-order valence-corrected chi connectivity index (χ2v) is 6.37. The van der Waals surface area contributed by atoms with Crippen molar-refractivity contribution in [3.8, 4) is 0 Å². The highest BCUT2D eigenvalue weighted by molar-refractivity contribution is 5.91. The fraction of sp³-hybridized carbons (Fsp3) is 0.263. The summed E-state index contributed by atoms with van der Waals surface area (Å²) < 4.78 is 0. The van der Waals surface area contributed by atoms with Crippen LogP contribution in [-0.2, 0) is 24.1 Å². The van der Waals surface area contributed by atoms with E-state index in [0.717, 1.165) is 12.8 Å². The molecule has 0 saturated heterocycles. The molecule has 2 N–H and O–H groups in total. The van der Waals surface area contributed by atoms with Crippen LogP contribution in [-0.4, -0.2) is 22.5 Å². The summed E-state index contributed by atoms with van der Waals surface area (Å²) in [6, 6.07) is 14.8. The summed E-state index contributed by atoms with van der Waals surface area (Å²) in [5.74, 6) is -1.15. The fourth-order valence-corrected chi connectivity index (χ4v) is 3.33. The lowest BCUT2D eigenvalue weighted by Gasteiger charge is -2.25. The van der Waals surface area contributed by atoms with E-state index >= 15 is 0 Å². The van der Waals surface area contributed by atoms with E-state index in [1.807, 2.05) is 19.1 Å². The molecule has 1 aliphatic carbocycles. The maximum atomic E-state index is 12.4. The zero-order chi connectivity index (χ0) is 16.4. The van der Waals surface area contributed by atoms with Gasteiger partial charge in [-0.25, -0.2) is 4.79 Å². The molecule has 4 nitrogen and oxygen atoms in total. The van der Waals surface area contributed by atoms with Crippen LogP contribution in [0.1, 0.15) is 34.0 Å². The number of rotatable bonds is 4. The minimum absolute atomic E-state index is 0.0778. The summed E-state index contributed by atoms with van der Waals surface area (Å²) in [5.41, 5.74) is 2.94. The van der Waals surface area contributed by atoms with Gasteiger partial charge in [0.25, 0.3) is 0 Å². The van der Waals surface area contributed by atoms with Gasteiger partial charge in [0.1, 0.15) is 0 Å². The third kappa shape index (κ3) is 3.26. The van der Waals surface area contributed by atoms with Crippen molar-refractivity contribution in [2.24, 2.45) is 0 Å². The third-order valence-corrected chi connectivity index (χ3v) is 4.32. The molecule has 23 heavy (non-hydrogen) atoms. The van der Waals surface area contributed by atoms with Gasteiger partial charge in [0.15, 0.2) is 0 Å². The van der Waals surface area contributed by atoms with Crippen LogP contribution < -0.4 is 5.32 Å². The Bertz CT molecular complexity index is 742. The minimum Gasteiger partial charge on any atom is -0.478 e. The number of aromatic carboxylic acids is 1. The number of carboxylic acid groups (broad SMARTS) is 1. The highest BCUT2D eigenvalue weighted by Crippen LogP contribution is 2.29. The lowest BCUT2D eigenvalue weighted by Crippen LogP contribution is -2.47. The van der Waals surface area contributed by atoms with E-state index in [2.05, 4.69) is 17.4 Å². The summed E-state index contributed by atoms with van der Waals surface area (Å²) in [6.07, 6.45) is 1.68. The van der Waals surface area contributed by atoms with Gasteiger partial charge in [-0.15, -0.1) is 0 Å². The topological polar surface area (TPSA) is 66.4 Å². The molecular weight excluding hydrogens is 290 g/mol. The molecule has 2 aromatic rings. The minimum atomic E-state index is -1.01. The van der Waals surface area contributed by atoms with E-state index < -0.39 is 5.97 Å². The Kier molecular flexibility index (Phi) is 3.90. The van der Waals surface area contributed by atoms with Crippen LogP contribution in [0.5, 0.6) is 0 Å². The number of carbonyl (C=O) groups is 2. The number of carbonyl (C=O) groups excluding carboxylic acids is 1. The summed E-state index contributed by atoms with van der Waals surface area (Å²) in [4.78, 5) is 23.6. The Hall–Kier alpha value is -2.62. The summed E-state index contributed by atoms with van der Waals surface area (Å²) in [5, 5.41) is 12.3. The van der Waals surface area contributed by atoms with Crippen LogP contribution >= 0.6 is 0 Å². The maximum absolute atomic E-state index is 12.4. The molecule has 0 heterocycles. The van der Waals surface area contributed by atoms with Crippen LogP contribution in [0.4, 0.5) is 0 Å². The van der Waals surface area contributed by atoms with Gasteiger partial charge in [-0.2, -0.15) is 0 Å². The first-order valence-corrected chi connectivity index (χ1v) is 7.66. The molecule has 0 atom stereocenters. The van der Waals surface area contributed by atoms with Gasteiger partial charge >= 0.3 is 5.97 Å². The van der Waals surface area contributed by atoms with E-state index in [4.69, 9.17) is 0 Å². The number of benzene rings is 2. The van der Waals surface area contributed by atoms with Gasteiger partial charge in [0.05, 0.1) is 12.0 Å². The number of hydrogen-bond acceptors (Lipinski definition) is 2. The van der Waals surface area contributed by atoms with E-state index in [1.165, 1.54) is 17.2 Å². The zero-order valence-corrected chi connectivity index (χ0v) is 13.0. The van der Waals surface area contributed by atoms with Gasteiger partial charge in [-0.05, 0) is 42.5 Å². The van der Waals surface area contributed by atoms with Crippen molar-refractivity contribution in [1.29, 1.82) is 0 Å². The van der Waals surface area contributed by atoms with Crippen LogP contribution in [0.2, 0.25) is 0 Å². The van der Waals surface area contributed by atoms with Gasteiger partial charge in [0.2, 0.25) is 5.91 Å². The maximum Gasteiger partial charge on any atom is 0.335 e. The number of amides is 1. The average Bonchev–Trinajstić information content (AvgIpc) is 2.82. The summed E-state index contributed by atoms with van der Waals surface area (Å²) in [7, 11) is 0. The number of hydrogen-bond donors (Lipinski definition) is 2. The van der Waals surface area contributed by atoms with Crippen LogP contribution in [0.25, 0.3) is 0 Å². The van der Waals surface area contributed by atoms with Crippen molar-refractivity contribution in [3.05, 3.63) is 70.8 Å². The SMILES string of the molecule is CC1(NC(=O)Cc2ccccc2C(=O)O)Cc2ccccc2C1. The predicted octanol–water partition coefficient (Wildman–Crippen LogP) is 2.60. The predicted molar refractivity (Wildman–Crippen MR) is 87.5 cm³/mol. The second-order valence-electron chi connectivity index (χ2n) is 6.37. The first-order valence-electron chi connectivity index (χ1n) is 7.66. The van der Waals surface area contributed by atoms with Crippen molar-refractivity contribution < 1.29 is 14.7 Å². The Morgan fingerprint density at radius 1 is 1.04 bits per heavy atom. The molecule has 0 unspecified atom stereocenters.